The minimum Gasteiger partial charge on any atom is -0.493 e. The average Bonchev–Trinajstić information content (AvgIpc) is 3.20. The van der Waals surface area contributed by atoms with Gasteiger partial charge in [-0.2, -0.15) is 0 Å². The third-order valence-electron chi connectivity index (χ3n) is 4.49. The predicted molar refractivity (Wildman–Crippen MR) is 109 cm³/mol. The molecule has 7 heteroatoms. The quantitative estimate of drug-likeness (QED) is 0.559. The van der Waals surface area contributed by atoms with Crippen LogP contribution in [0.25, 0.3) is 0 Å². The maximum atomic E-state index is 13.8. The third-order valence-corrected chi connectivity index (χ3v) is 4.77. The first-order chi connectivity index (χ1) is 14.1. The molecule has 1 N–H and O–H groups in total. The Hall–Kier alpha value is -3.12. The van der Waals surface area contributed by atoms with Gasteiger partial charge < -0.3 is 24.3 Å². The van der Waals surface area contributed by atoms with Crippen LogP contribution in [-0.2, 0) is 13.2 Å². The molecule has 150 valence electrons. The molecule has 0 aromatic heterocycles. The molecule has 3 aromatic carbocycles. The van der Waals surface area contributed by atoms with Crippen LogP contribution in [0.5, 0.6) is 23.0 Å². The minimum atomic E-state index is -0.327. The molecule has 5 nitrogen and oxygen atoms in total. The summed E-state index contributed by atoms with van der Waals surface area (Å²) >= 11 is 6.41. The van der Waals surface area contributed by atoms with Gasteiger partial charge in [-0.05, 0) is 35.9 Å². The number of halogens is 2. The van der Waals surface area contributed by atoms with Crippen LogP contribution >= 0.6 is 11.6 Å². The van der Waals surface area contributed by atoms with Gasteiger partial charge in [0.2, 0.25) is 6.79 Å². The van der Waals surface area contributed by atoms with Crippen molar-refractivity contribution in [3.8, 4) is 23.0 Å². The lowest BCUT2D eigenvalue weighted by Gasteiger charge is -2.15. The van der Waals surface area contributed by atoms with Crippen molar-refractivity contribution in [3.63, 3.8) is 0 Å². The highest BCUT2D eigenvalue weighted by Crippen LogP contribution is 2.38. The summed E-state index contributed by atoms with van der Waals surface area (Å²) in [5.41, 5.74) is 2.24. The number of methoxy groups -OCH3 is 1. The molecular formula is C22H19ClFNO4. The number of ether oxygens (including phenoxy) is 4. The van der Waals surface area contributed by atoms with Crippen LogP contribution in [0.1, 0.15) is 11.1 Å². The van der Waals surface area contributed by atoms with Gasteiger partial charge in [-0.15, -0.1) is 0 Å². The fraction of sp³-hybridized carbons (Fsp3) is 0.182. The Morgan fingerprint density at radius 1 is 1.07 bits per heavy atom. The maximum absolute atomic E-state index is 13.8. The van der Waals surface area contributed by atoms with E-state index in [2.05, 4.69) is 5.32 Å². The molecule has 0 saturated carbocycles. The maximum Gasteiger partial charge on any atom is 0.231 e. The Bertz CT molecular complexity index is 1030. The van der Waals surface area contributed by atoms with Crippen LogP contribution in [0.2, 0.25) is 5.02 Å². The SMILES string of the molecule is COc1cc(CNc2ccc3c(c2)OCO3)cc(Cl)c1OCc1ccccc1F. The van der Waals surface area contributed by atoms with Crippen molar-refractivity contribution in [1.29, 1.82) is 0 Å². The van der Waals surface area contributed by atoms with Crippen LogP contribution in [0.15, 0.2) is 54.6 Å². The molecule has 1 aliphatic rings. The molecule has 0 saturated heterocycles. The zero-order chi connectivity index (χ0) is 20.2. The van der Waals surface area contributed by atoms with Crippen LogP contribution in [-0.4, -0.2) is 13.9 Å². The molecule has 0 bridgehead atoms. The normalized spacial score (nSPS) is 12.0. The number of fused-ring (bicyclic) bond motifs is 1. The Kier molecular flexibility index (Phi) is 5.62. The van der Waals surface area contributed by atoms with E-state index in [1.165, 1.54) is 13.2 Å². The average molecular weight is 416 g/mol. The lowest BCUT2D eigenvalue weighted by molar-refractivity contribution is 0.174. The molecule has 1 aliphatic heterocycles. The van der Waals surface area contributed by atoms with E-state index in [0.717, 1.165) is 17.0 Å². The lowest BCUT2D eigenvalue weighted by atomic mass is 10.2. The van der Waals surface area contributed by atoms with Gasteiger partial charge in [-0.25, -0.2) is 4.39 Å². The smallest absolute Gasteiger partial charge is 0.231 e. The summed E-state index contributed by atoms with van der Waals surface area (Å²) in [6.07, 6.45) is 0. The van der Waals surface area contributed by atoms with Gasteiger partial charge in [0.25, 0.3) is 0 Å². The molecule has 0 aliphatic carbocycles. The van der Waals surface area contributed by atoms with Crippen molar-refractivity contribution in [2.24, 2.45) is 0 Å². The van der Waals surface area contributed by atoms with E-state index in [1.807, 2.05) is 24.3 Å². The highest BCUT2D eigenvalue weighted by atomic mass is 35.5. The number of anilines is 1. The van der Waals surface area contributed by atoms with Crippen molar-refractivity contribution in [3.05, 3.63) is 76.6 Å². The van der Waals surface area contributed by atoms with Gasteiger partial charge in [-0.3, -0.25) is 0 Å². The Labute approximate surface area is 172 Å². The van der Waals surface area contributed by atoms with Crippen molar-refractivity contribution >= 4 is 17.3 Å². The third kappa shape index (κ3) is 4.32. The fourth-order valence-corrected chi connectivity index (χ4v) is 3.28. The first kappa shape index (κ1) is 19.2. The predicted octanol–water partition coefficient (Wildman–Crippen LogP) is 5.41. The molecule has 3 aromatic rings. The fourth-order valence-electron chi connectivity index (χ4n) is 2.99. The second kappa shape index (κ2) is 8.49. The van der Waals surface area contributed by atoms with E-state index in [4.69, 9.17) is 30.5 Å². The van der Waals surface area contributed by atoms with E-state index in [9.17, 15) is 4.39 Å². The van der Waals surface area contributed by atoms with Gasteiger partial charge in [0.05, 0.1) is 12.1 Å². The van der Waals surface area contributed by atoms with Gasteiger partial charge >= 0.3 is 0 Å². The molecule has 29 heavy (non-hydrogen) atoms. The van der Waals surface area contributed by atoms with Gasteiger partial charge in [-0.1, -0.05) is 29.8 Å². The highest BCUT2D eigenvalue weighted by molar-refractivity contribution is 6.32. The summed E-state index contributed by atoms with van der Waals surface area (Å²) < 4.78 is 35.7. The standard InChI is InChI=1S/C22H19ClFNO4/c1-26-21-9-14(11-25-16-6-7-19-20(10-16)29-13-28-19)8-17(23)22(21)27-12-15-4-2-3-5-18(15)24/h2-10,25H,11-13H2,1H3. The monoisotopic (exact) mass is 415 g/mol. The first-order valence-electron chi connectivity index (χ1n) is 9.00. The van der Waals surface area contributed by atoms with Gasteiger partial charge in [0.1, 0.15) is 12.4 Å². The molecule has 0 spiro atoms. The van der Waals surface area contributed by atoms with Crippen molar-refractivity contribution < 1.29 is 23.3 Å². The molecule has 0 radical (unpaired) electrons. The van der Waals surface area contributed by atoms with Crippen LogP contribution in [0.3, 0.4) is 0 Å². The van der Waals surface area contributed by atoms with E-state index < -0.39 is 0 Å². The topological polar surface area (TPSA) is 49.0 Å². The second-order valence-corrected chi connectivity index (χ2v) is 6.82. The second-order valence-electron chi connectivity index (χ2n) is 6.41. The zero-order valence-corrected chi connectivity index (χ0v) is 16.5. The van der Waals surface area contributed by atoms with Crippen molar-refractivity contribution in [1.82, 2.24) is 0 Å². The number of nitrogens with one attached hydrogen (secondary N) is 1. The van der Waals surface area contributed by atoms with Crippen LogP contribution in [0.4, 0.5) is 10.1 Å². The summed E-state index contributed by atoms with van der Waals surface area (Å²) in [4.78, 5) is 0. The van der Waals surface area contributed by atoms with Gasteiger partial charge in [0, 0.05) is 23.9 Å². The largest absolute Gasteiger partial charge is 0.493 e. The summed E-state index contributed by atoms with van der Waals surface area (Å²) in [6.45, 7) is 0.806. The Balaban J connectivity index is 1.46. The molecule has 4 rings (SSSR count). The summed E-state index contributed by atoms with van der Waals surface area (Å²) in [5, 5.41) is 3.71. The first-order valence-corrected chi connectivity index (χ1v) is 9.38. The van der Waals surface area contributed by atoms with E-state index in [0.29, 0.717) is 34.4 Å². The summed E-state index contributed by atoms with van der Waals surface area (Å²) in [5.74, 6) is 1.98. The Morgan fingerprint density at radius 3 is 2.72 bits per heavy atom. The molecular weight excluding hydrogens is 397 g/mol. The van der Waals surface area contributed by atoms with E-state index in [-0.39, 0.29) is 19.2 Å². The van der Waals surface area contributed by atoms with E-state index >= 15 is 0 Å². The van der Waals surface area contributed by atoms with Crippen molar-refractivity contribution in [2.75, 3.05) is 19.2 Å². The minimum absolute atomic E-state index is 0.0531. The molecule has 1 heterocycles. The Morgan fingerprint density at radius 2 is 1.90 bits per heavy atom. The van der Waals surface area contributed by atoms with E-state index in [1.54, 1.807) is 24.3 Å². The number of hydrogen-bond donors (Lipinski definition) is 1. The number of benzene rings is 3. The highest BCUT2D eigenvalue weighted by Gasteiger charge is 2.15. The number of rotatable bonds is 7. The summed E-state index contributed by atoms with van der Waals surface area (Å²) in [7, 11) is 1.54. The van der Waals surface area contributed by atoms with Crippen LogP contribution < -0.4 is 24.3 Å². The molecule has 0 unspecified atom stereocenters. The lowest BCUT2D eigenvalue weighted by Crippen LogP contribution is -2.03. The zero-order valence-electron chi connectivity index (χ0n) is 15.7. The summed E-state index contributed by atoms with van der Waals surface area (Å²) in [6, 6.07) is 15.7. The molecule has 0 amide bonds. The van der Waals surface area contributed by atoms with Gasteiger partial charge in [0.15, 0.2) is 23.0 Å². The number of hydrogen-bond acceptors (Lipinski definition) is 5. The van der Waals surface area contributed by atoms with Crippen molar-refractivity contribution in [2.45, 2.75) is 13.2 Å². The van der Waals surface area contributed by atoms with Crippen LogP contribution in [0, 0.1) is 5.82 Å². The molecule has 0 fully saturated rings. The molecule has 0 atom stereocenters.